The number of benzene rings is 1. The van der Waals surface area contributed by atoms with Crippen LogP contribution in [0.25, 0.3) is 10.9 Å². The number of hydrogen-bond donors (Lipinski definition) is 5. The quantitative estimate of drug-likeness (QED) is 0.381. The first kappa shape index (κ1) is 31.0. The van der Waals surface area contributed by atoms with Crippen molar-refractivity contribution in [2.24, 2.45) is 5.92 Å². The highest BCUT2D eigenvalue weighted by molar-refractivity contribution is 5.90. The lowest BCUT2D eigenvalue weighted by atomic mass is 9.82. The standard InChI is InChI=1S/C26H36FN5O3.2C2H6/c1-14(28-2)25(34)31-22(15-6-4-3-5-7-15)26(35)32-13-21(33)23-24(32)19(12-30-23)18-11-29-20-10-16(27)8-9-17(18)20;2*1-2/h8-11,14-15,19,21-24,28-30,33H,3-7,12-13H2,1-2H3,(H,31,34);2*1-2H3/t14-,19?,21?,22?,23?,24?;;/m0../s1. The van der Waals surface area contributed by atoms with Crippen molar-refractivity contribution in [2.45, 2.75) is 103 Å². The number of β-amino-alcohol motifs (C(OH)–C–C–N with tert-alkyl or cyclic N) is 1. The molecule has 1 aliphatic carbocycles. The molecule has 3 fully saturated rings. The molecule has 0 bridgehead atoms. The van der Waals surface area contributed by atoms with Crippen LogP contribution in [0.2, 0.25) is 0 Å². The van der Waals surface area contributed by atoms with Gasteiger partial charge in [0.1, 0.15) is 11.9 Å². The van der Waals surface area contributed by atoms with Crippen LogP contribution < -0.4 is 16.0 Å². The smallest absolute Gasteiger partial charge is 0.245 e. The molecule has 2 aromatic rings. The van der Waals surface area contributed by atoms with E-state index < -0.39 is 18.2 Å². The minimum absolute atomic E-state index is 0.0562. The molecular weight excluding hydrogens is 497 g/mol. The van der Waals surface area contributed by atoms with E-state index in [4.69, 9.17) is 0 Å². The summed E-state index contributed by atoms with van der Waals surface area (Å²) in [4.78, 5) is 31.9. The number of aromatic amines is 1. The summed E-state index contributed by atoms with van der Waals surface area (Å²) >= 11 is 0. The van der Waals surface area contributed by atoms with Gasteiger partial charge in [0.15, 0.2) is 0 Å². The summed E-state index contributed by atoms with van der Waals surface area (Å²) < 4.78 is 13.8. The predicted octanol–water partition coefficient (Wildman–Crippen LogP) is 3.66. The van der Waals surface area contributed by atoms with Crippen LogP contribution in [0.4, 0.5) is 4.39 Å². The fraction of sp³-hybridized carbons (Fsp3) is 0.667. The first-order valence-corrected chi connectivity index (χ1v) is 14.8. The minimum Gasteiger partial charge on any atom is -0.390 e. The summed E-state index contributed by atoms with van der Waals surface area (Å²) in [6.45, 7) is 10.6. The zero-order chi connectivity index (χ0) is 28.7. The second kappa shape index (κ2) is 14.2. The highest BCUT2D eigenvalue weighted by Gasteiger charge is 2.53. The van der Waals surface area contributed by atoms with Crippen molar-refractivity contribution in [3.8, 4) is 0 Å². The summed E-state index contributed by atoms with van der Waals surface area (Å²) in [6, 6.07) is 3.19. The lowest BCUT2D eigenvalue weighted by molar-refractivity contribution is -0.140. The van der Waals surface area contributed by atoms with Gasteiger partial charge in [-0.25, -0.2) is 4.39 Å². The Kier molecular flexibility index (Phi) is 11.3. The molecule has 9 heteroatoms. The number of aromatic nitrogens is 1. The fourth-order valence-electron chi connectivity index (χ4n) is 6.36. The largest absolute Gasteiger partial charge is 0.390 e. The van der Waals surface area contributed by atoms with E-state index in [2.05, 4.69) is 20.9 Å². The van der Waals surface area contributed by atoms with Gasteiger partial charge in [-0.3, -0.25) is 9.59 Å². The van der Waals surface area contributed by atoms with Crippen molar-refractivity contribution in [2.75, 3.05) is 20.1 Å². The Balaban J connectivity index is 0.00000100. The Morgan fingerprint density at radius 2 is 1.82 bits per heavy atom. The summed E-state index contributed by atoms with van der Waals surface area (Å²) in [5.74, 6) is -0.570. The molecule has 6 atom stereocenters. The van der Waals surface area contributed by atoms with E-state index in [0.717, 1.165) is 43.1 Å². The van der Waals surface area contributed by atoms with Crippen LogP contribution in [0.3, 0.4) is 0 Å². The molecule has 5 rings (SSSR count). The van der Waals surface area contributed by atoms with Crippen molar-refractivity contribution < 1.29 is 19.1 Å². The van der Waals surface area contributed by atoms with E-state index in [9.17, 15) is 19.1 Å². The Labute approximate surface area is 232 Å². The molecule has 218 valence electrons. The number of nitrogens with one attached hydrogen (secondary N) is 4. The normalized spacial score (nSPS) is 26.1. The van der Waals surface area contributed by atoms with Crippen molar-refractivity contribution >= 4 is 22.7 Å². The van der Waals surface area contributed by atoms with Gasteiger partial charge in [-0.1, -0.05) is 47.0 Å². The molecule has 8 nitrogen and oxygen atoms in total. The predicted molar refractivity (Wildman–Crippen MR) is 154 cm³/mol. The molecule has 1 saturated carbocycles. The number of amides is 2. The van der Waals surface area contributed by atoms with Gasteiger partial charge in [-0.2, -0.15) is 0 Å². The van der Waals surface area contributed by atoms with Crippen LogP contribution in [-0.2, 0) is 9.59 Å². The summed E-state index contributed by atoms with van der Waals surface area (Å²) in [7, 11) is 1.73. The Morgan fingerprint density at radius 3 is 2.49 bits per heavy atom. The van der Waals surface area contributed by atoms with E-state index in [1.54, 1.807) is 24.9 Å². The highest BCUT2D eigenvalue weighted by Crippen LogP contribution is 2.40. The topological polar surface area (TPSA) is 109 Å². The van der Waals surface area contributed by atoms with E-state index in [1.165, 1.54) is 12.1 Å². The van der Waals surface area contributed by atoms with Gasteiger partial charge in [0.25, 0.3) is 0 Å². The number of H-pyrrole nitrogens is 1. The van der Waals surface area contributed by atoms with Crippen LogP contribution in [0.1, 0.15) is 78.2 Å². The molecule has 0 radical (unpaired) electrons. The second-order valence-corrected chi connectivity index (χ2v) is 10.4. The molecule has 39 heavy (non-hydrogen) atoms. The average Bonchev–Trinajstić information content (AvgIpc) is 3.68. The molecule has 2 aliphatic heterocycles. The zero-order valence-electron chi connectivity index (χ0n) is 24.4. The molecule has 0 spiro atoms. The van der Waals surface area contributed by atoms with Crippen LogP contribution in [-0.4, -0.2) is 77.2 Å². The summed E-state index contributed by atoms with van der Waals surface area (Å²) in [5.41, 5.74) is 1.72. The third-order valence-electron chi connectivity index (χ3n) is 8.38. The molecule has 5 N–H and O–H groups in total. The van der Waals surface area contributed by atoms with E-state index in [0.29, 0.717) is 12.1 Å². The van der Waals surface area contributed by atoms with Crippen LogP contribution in [0, 0.1) is 11.7 Å². The molecule has 2 saturated heterocycles. The van der Waals surface area contributed by atoms with E-state index in [1.807, 2.05) is 33.9 Å². The SMILES string of the molecule is CC.CC.CN[C@@H](C)C(=O)NC(C(=O)N1CC(O)C2NCC(c3c[nH]c4cc(F)ccc34)C21)C1CCCCC1. The molecule has 5 unspecified atom stereocenters. The van der Waals surface area contributed by atoms with Crippen molar-refractivity contribution in [3.63, 3.8) is 0 Å². The Bertz CT molecular complexity index is 1090. The average molecular weight is 546 g/mol. The number of rotatable bonds is 6. The Hall–Kier alpha value is -2.49. The number of carbonyl (C=O) groups is 2. The molecular formula is C30H48FN5O3. The third kappa shape index (κ3) is 6.47. The van der Waals surface area contributed by atoms with Crippen molar-refractivity contribution in [1.29, 1.82) is 0 Å². The summed E-state index contributed by atoms with van der Waals surface area (Å²) in [6.07, 6.45) is 6.28. The monoisotopic (exact) mass is 545 g/mol. The van der Waals surface area contributed by atoms with Gasteiger partial charge in [0.2, 0.25) is 11.8 Å². The van der Waals surface area contributed by atoms with Crippen LogP contribution in [0.15, 0.2) is 24.4 Å². The molecule has 3 aliphatic rings. The number of likely N-dealkylation sites (N-methyl/N-ethyl adjacent to an activating group) is 1. The minimum atomic E-state index is -0.685. The molecule has 3 heterocycles. The van der Waals surface area contributed by atoms with Crippen LogP contribution >= 0.6 is 0 Å². The Morgan fingerprint density at radius 1 is 1.13 bits per heavy atom. The maximum atomic E-state index is 14.1. The number of aliphatic hydroxyl groups excluding tert-OH is 1. The van der Waals surface area contributed by atoms with Gasteiger partial charge in [0, 0.05) is 36.1 Å². The first-order chi connectivity index (χ1) is 18.9. The fourth-order valence-corrected chi connectivity index (χ4v) is 6.36. The molecule has 1 aromatic heterocycles. The lowest BCUT2D eigenvalue weighted by Crippen LogP contribution is -2.57. The van der Waals surface area contributed by atoms with Gasteiger partial charge in [-0.15, -0.1) is 0 Å². The number of carbonyl (C=O) groups excluding carboxylic acids is 2. The van der Waals surface area contributed by atoms with Gasteiger partial charge >= 0.3 is 0 Å². The van der Waals surface area contributed by atoms with Crippen molar-refractivity contribution in [1.82, 2.24) is 25.8 Å². The number of aliphatic hydroxyl groups is 1. The number of hydrogen-bond acceptors (Lipinski definition) is 5. The number of halogens is 1. The maximum absolute atomic E-state index is 14.1. The number of nitrogens with zero attached hydrogens (tertiary/aromatic N) is 1. The first-order valence-electron chi connectivity index (χ1n) is 14.8. The number of likely N-dealkylation sites (tertiary alicyclic amines) is 1. The highest BCUT2D eigenvalue weighted by atomic mass is 19.1. The van der Waals surface area contributed by atoms with Crippen LogP contribution in [0.5, 0.6) is 0 Å². The number of fused-ring (bicyclic) bond motifs is 2. The lowest BCUT2D eigenvalue weighted by Gasteiger charge is -2.36. The van der Waals surface area contributed by atoms with E-state index >= 15 is 0 Å². The second-order valence-electron chi connectivity index (χ2n) is 10.4. The van der Waals surface area contributed by atoms with Crippen molar-refractivity contribution in [3.05, 3.63) is 35.8 Å². The van der Waals surface area contributed by atoms with Gasteiger partial charge in [-0.05, 0) is 56.5 Å². The van der Waals surface area contributed by atoms with Gasteiger partial charge in [0.05, 0.1) is 24.2 Å². The summed E-state index contributed by atoms with van der Waals surface area (Å²) in [5, 5.41) is 21.2. The van der Waals surface area contributed by atoms with E-state index in [-0.39, 0.29) is 48.1 Å². The van der Waals surface area contributed by atoms with Gasteiger partial charge < -0.3 is 30.9 Å². The molecule has 1 aromatic carbocycles. The third-order valence-corrected chi connectivity index (χ3v) is 8.38. The maximum Gasteiger partial charge on any atom is 0.245 e. The zero-order valence-corrected chi connectivity index (χ0v) is 24.4. The molecule has 2 amide bonds.